The Hall–Kier alpha value is -0.530. The maximum absolute atomic E-state index is 5.61. The van der Waals surface area contributed by atoms with E-state index < -0.39 is 0 Å². The highest BCUT2D eigenvalue weighted by atomic mass is 35.5. The SMILES string of the molecule is Cc1cc(C)c(CNCCCl)c(C)c1. The summed E-state index contributed by atoms with van der Waals surface area (Å²) in [5.41, 5.74) is 5.47. The summed E-state index contributed by atoms with van der Waals surface area (Å²) in [6.45, 7) is 8.25. The second kappa shape index (κ2) is 5.38. The van der Waals surface area contributed by atoms with Crippen molar-refractivity contribution in [3.05, 3.63) is 34.4 Å². The van der Waals surface area contributed by atoms with Gasteiger partial charge in [-0.1, -0.05) is 17.7 Å². The van der Waals surface area contributed by atoms with Crippen LogP contribution in [0.25, 0.3) is 0 Å². The second-order valence-electron chi connectivity index (χ2n) is 3.74. The number of nitrogens with one attached hydrogen (secondary N) is 1. The summed E-state index contributed by atoms with van der Waals surface area (Å²) in [5, 5.41) is 3.32. The first kappa shape index (κ1) is 11.5. The minimum absolute atomic E-state index is 0.671. The molecular formula is C12H18ClN. The minimum atomic E-state index is 0.671. The van der Waals surface area contributed by atoms with Crippen molar-refractivity contribution in [3.8, 4) is 0 Å². The Morgan fingerprint density at radius 2 is 1.71 bits per heavy atom. The van der Waals surface area contributed by atoms with Gasteiger partial charge in [0.2, 0.25) is 0 Å². The van der Waals surface area contributed by atoms with Crippen molar-refractivity contribution < 1.29 is 0 Å². The van der Waals surface area contributed by atoms with Crippen molar-refractivity contribution in [2.45, 2.75) is 27.3 Å². The van der Waals surface area contributed by atoms with E-state index in [4.69, 9.17) is 11.6 Å². The molecule has 1 aromatic carbocycles. The number of hydrogen-bond donors (Lipinski definition) is 1. The van der Waals surface area contributed by atoms with Crippen molar-refractivity contribution in [1.29, 1.82) is 0 Å². The third-order valence-corrected chi connectivity index (χ3v) is 2.60. The highest BCUT2D eigenvalue weighted by molar-refractivity contribution is 6.18. The molecule has 0 unspecified atom stereocenters. The molecule has 2 heteroatoms. The van der Waals surface area contributed by atoms with Gasteiger partial charge < -0.3 is 5.32 Å². The monoisotopic (exact) mass is 211 g/mol. The Kier molecular flexibility index (Phi) is 4.43. The fourth-order valence-electron chi connectivity index (χ4n) is 1.77. The maximum Gasteiger partial charge on any atom is 0.0348 e. The van der Waals surface area contributed by atoms with Crippen LogP contribution in [0.1, 0.15) is 22.3 Å². The first-order chi connectivity index (χ1) is 6.65. The van der Waals surface area contributed by atoms with E-state index in [9.17, 15) is 0 Å². The summed E-state index contributed by atoms with van der Waals surface area (Å²) in [4.78, 5) is 0. The molecule has 0 aliphatic heterocycles. The van der Waals surface area contributed by atoms with E-state index in [2.05, 4.69) is 38.2 Å². The molecule has 14 heavy (non-hydrogen) atoms. The molecule has 0 spiro atoms. The van der Waals surface area contributed by atoms with Crippen molar-refractivity contribution in [1.82, 2.24) is 5.32 Å². The number of aryl methyl sites for hydroxylation is 3. The number of benzene rings is 1. The molecule has 0 aliphatic carbocycles. The number of halogens is 1. The summed E-state index contributed by atoms with van der Waals surface area (Å²) in [7, 11) is 0. The van der Waals surface area contributed by atoms with Gasteiger partial charge in [0.15, 0.2) is 0 Å². The average molecular weight is 212 g/mol. The molecule has 0 saturated carbocycles. The third kappa shape index (κ3) is 3.00. The van der Waals surface area contributed by atoms with Gasteiger partial charge in [0, 0.05) is 19.0 Å². The van der Waals surface area contributed by atoms with Crippen molar-refractivity contribution >= 4 is 11.6 Å². The Morgan fingerprint density at radius 3 is 2.21 bits per heavy atom. The summed E-state index contributed by atoms with van der Waals surface area (Å²) < 4.78 is 0. The Bertz CT molecular complexity index is 284. The molecule has 0 fully saturated rings. The summed E-state index contributed by atoms with van der Waals surface area (Å²) in [6, 6.07) is 4.45. The molecule has 0 aliphatic rings. The van der Waals surface area contributed by atoms with Crippen LogP contribution in [0.4, 0.5) is 0 Å². The minimum Gasteiger partial charge on any atom is -0.311 e. The van der Waals surface area contributed by atoms with E-state index in [-0.39, 0.29) is 0 Å². The lowest BCUT2D eigenvalue weighted by molar-refractivity contribution is 0.723. The summed E-state index contributed by atoms with van der Waals surface area (Å²) in [6.07, 6.45) is 0. The molecule has 0 aromatic heterocycles. The molecule has 0 amide bonds. The molecule has 0 radical (unpaired) electrons. The van der Waals surface area contributed by atoms with Gasteiger partial charge >= 0.3 is 0 Å². The Balaban J connectivity index is 2.75. The van der Waals surface area contributed by atoms with E-state index in [0.717, 1.165) is 13.1 Å². The van der Waals surface area contributed by atoms with Crippen LogP contribution in [0.3, 0.4) is 0 Å². The van der Waals surface area contributed by atoms with Gasteiger partial charge in [-0.2, -0.15) is 0 Å². The number of hydrogen-bond acceptors (Lipinski definition) is 1. The first-order valence-corrected chi connectivity index (χ1v) is 5.52. The van der Waals surface area contributed by atoms with Crippen LogP contribution in [0.2, 0.25) is 0 Å². The molecule has 78 valence electrons. The molecule has 1 N–H and O–H groups in total. The summed E-state index contributed by atoms with van der Waals surface area (Å²) >= 11 is 5.61. The Morgan fingerprint density at radius 1 is 1.14 bits per heavy atom. The highest BCUT2D eigenvalue weighted by Crippen LogP contribution is 2.15. The van der Waals surface area contributed by atoms with Crippen LogP contribution in [0, 0.1) is 20.8 Å². The second-order valence-corrected chi connectivity index (χ2v) is 4.12. The van der Waals surface area contributed by atoms with E-state index >= 15 is 0 Å². The molecule has 1 nitrogen and oxygen atoms in total. The van der Waals surface area contributed by atoms with Gasteiger partial charge in [-0.25, -0.2) is 0 Å². The lowest BCUT2D eigenvalue weighted by Gasteiger charge is -2.11. The van der Waals surface area contributed by atoms with Gasteiger partial charge in [-0.05, 0) is 37.5 Å². The molecule has 0 bridgehead atoms. The summed E-state index contributed by atoms with van der Waals surface area (Å²) in [5.74, 6) is 0.671. The van der Waals surface area contributed by atoms with Crippen molar-refractivity contribution in [2.75, 3.05) is 12.4 Å². The lowest BCUT2D eigenvalue weighted by Crippen LogP contribution is -2.17. The molecule has 1 aromatic rings. The van der Waals surface area contributed by atoms with E-state index in [1.807, 2.05) is 0 Å². The smallest absolute Gasteiger partial charge is 0.0348 e. The van der Waals surface area contributed by atoms with Crippen LogP contribution in [-0.2, 0) is 6.54 Å². The van der Waals surface area contributed by atoms with Crippen molar-refractivity contribution in [3.63, 3.8) is 0 Å². The van der Waals surface area contributed by atoms with Crippen LogP contribution in [-0.4, -0.2) is 12.4 Å². The zero-order valence-corrected chi connectivity index (χ0v) is 9.91. The Labute approximate surface area is 91.5 Å². The van der Waals surface area contributed by atoms with E-state index in [1.165, 1.54) is 22.3 Å². The maximum atomic E-state index is 5.61. The predicted molar refractivity (Wildman–Crippen MR) is 63.1 cm³/mol. The highest BCUT2D eigenvalue weighted by Gasteiger charge is 2.02. The zero-order valence-electron chi connectivity index (χ0n) is 9.15. The molecule has 1 rings (SSSR count). The largest absolute Gasteiger partial charge is 0.311 e. The lowest BCUT2D eigenvalue weighted by atomic mass is 10.00. The quantitative estimate of drug-likeness (QED) is 0.597. The fraction of sp³-hybridized carbons (Fsp3) is 0.500. The van der Waals surface area contributed by atoms with E-state index in [0.29, 0.717) is 5.88 Å². The van der Waals surface area contributed by atoms with Crippen molar-refractivity contribution in [2.24, 2.45) is 0 Å². The number of alkyl halides is 1. The topological polar surface area (TPSA) is 12.0 Å². The van der Waals surface area contributed by atoms with Crippen LogP contribution >= 0.6 is 11.6 Å². The number of rotatable bonds is 4. The van der Waals surface area contributed by atoms with Crippen LogP contribution in [0.15, 0.2) is 12.1 Å². The van der Waals surface area contributed by atoms with Crippen LogP contribution in [0.5, 0.6) is 0 Å². The fourth-order valence-corrected chi connectivity index (χ4v) is 1.90. The molecule has 0 atom stereocenters. The molecule has 0 saturated heterocycles. The normalized spacial score (nSPS) is 10.6. The first-order valence-electron chi connectivity index (χ1n) is 4.98. The van der Waals surface area contributed by atoms with Gasteiger partial charge in [-0.3, -0.25) is 0 Å². The van der Waals surface area contributed by atoms with Gasteiger partial charge in [0.25, 0.3) is 0 Å². The van der Waals surface area contributed by atoms with Gasteiger partial charge in [0.1, 0.15) is 0 Å². The predicted octanol–water partition coefficient (Wildman–Crippen LogP) is 2.94. The van der Waals surface area contributed by atoms with E-state index in [1.54, 1.807) is 0 Å². The standard InChI is InChI=1S/C12H18ClN/c1-9-6-10(2)12(11(3)7-9)8-14-5-4-13/h6-7,14H,4-5,8H2,1-3H3. The molecule has 0 heterocycles. The average Bonchev–Trinajstić information content (AvgIpc) is 2.09. The third-order valence-electron chi connectivity index (χ3n) is 2.41. The molecular weight excluding hydrogens is 194 g/mol. The van der Waals surface area contributed by atoms with Gasteiger partial charge in [-0.15, -0.1) is 11.6 Å². The zero-order chi connectivity index (χ0) is 10.6. The van der Waals surface area contributed by atoms with Gasteiger partial charge in [0.05, 0.1) is 0 Å². The van der Waals surface area contributed by atoms with Crippen LogP contribution < -0.4 is 5.32 Å².